The zero-order chi connectivity index (χ0) is 13.6. The predicted octanol–water partition coefficient (Wildman–Crippen LogP) is 2.67. The Morgan fingerprint density at radius 3 is 2.44 bits per heavy atom. The number of aromatic nitrogens is 1. The molecule has 1 aliphatic carbocycles. The maximum absolute atomic E-state index is 12.0. The van der Waals surface area contributed by atoms with Gasteiger partial charge in [0.2, 0.25) is 5.91 Å². The Hall–Kier alpha value is -1.00. The highest BCUT2D eigenvalue weighted by Crippen LogP contribution is 2.64. The van der Waals surface area contributed by atoms with Gasteiger partial charge in [-0.25, -0.2) is 4.98 Å². The van der Waals surface area contributed by atoms with Gasteiger partial charge in [-0.3, -0.25) is 4.79 Å². The Morgan fingerprint density at radius 2 is 2.06 bits per heavy atom. The molecule has 2 rings (SSSR count). The van der Waals surface area contributed by atoms with Crippen LogP contribution in [0.25, 0.3) is 0 Å². The molecular weight excluding hydrogens is 273 g/mol. The molecule has 1 heterocycles. The van der Waals surface area contributed by atoms with E-state index in [0.717, 1.165) is 5.82 Å². The van der Waals surface area contributed by atoms with Crippen LogP contribution < -0.4 is 10.2 Å². The van der Waals surface area contributed by atoms with Crippen molar-refractivity contribution in [2.24, 2.45) is 5.41 Å². The summed E-state index contributed by atoms with van der Waals surface area (Å²) in [6.07, 6.45) is 2.08. The SMILES string of the molecule is CN(C)c1ccc(NC(=O)C2(C)CC2(Cl)Cl)cn1. The van der Waals surface area contributed by atoms with E-state index in [0.29, 0.717) is 12.1 Å². The van der Waals surface area contributed by atoms with Gasteiger partial charge in [-0.15, -0.1) is 23.2 Å². The molecule has 98 valence electrons. The molecule has 18 heavy (non-hydrogen) atoms. The first-order chi connectivity index (χ1) is 8.26. The fourth-order valence-corrected chi connectivity index (χ4v) is 2.35. The number of amides is 1. The quantitative estimate of drug-likeness (QED) is 0.870. The lowest BCUT2D eigenvalue weighted by molar-refractivity contribution is -0.120. The predicted molar refractivity (Wildman–Crippen MR) is 74.4 cm³/mol. The molecular formula is C12H15Cl2N3O. The number of hydrogen-bond acceptors (Lipinski definition) is 3. The minimum absolute atomic E-state index is 0.174. The van der Waals surface area contributed by atoms with E-state index in [2.05, 4.69) is 10.3 Å². The number of carbonyl (C=O) groups excluding carboxylic acids is 1. The Balaban J connectivity index is 2.05. The molecule has 0 radical (unpaired) electrons. The number of anilines is 2. The molecule has 6 heteroatoms. The van der Waals surface area contributed by atoms with E-state index in [1.165, 1.54) is 0 Å². The Morgan fingerprint density at radius 1 is 1.44 bits per heavy atom. The third-order valence-electron chi connectivity index (χ3n) is 3.22. The number of alkyl halides is 2. The molecule has 1 saturated carbocycles. The van der Waals surface area contributed by atoms with Crippen molar-refractivity contribution in [2.75, 3.05) is 24.3 Å². The summed E-state index contributed by atoms with van der Waals surface area (Å²) in [6, 6.07) is 3.63. The largest absolute Gasteiger partial charge is 0.363 e. The van der Waals surface area contributed by atoms with Gasteiger partial charge in [-0.05, 0) is 25.5 Å². The molecule has 1 fully saturated rings. The van der Waals surface area contributed by atoms with Crippen molar-refractivity contribution in [3.05, 3.63) is 18.3 Å². The third-order valence-corrected chi connectivity index (χ3v) is 4.32. The lowest BCUT2D eigenvalue weighted by atomic mass is 10.1. The first kappa shape index (κ1) is 13.4. The maximum Gasteiger partial charge on any atom is 0.233 e. The van der Waals surface area contributed by atoms with Gasteiger partial charge < -0.3 is 10.2 Å². The number of rotatable bonds is 3. The van der Waals surface area contributed by atoms with Gasteiger partial charge in [-0.1, -0.05) is 0 Å². The number of nitrogens with zero attached hydrogens (tertiary/aromatic N) is 2. The van der Waals surface area contributed by atoms with Crippen molar-refractivity contribution >= 4 is 40.6 Å². The van der Waals surface area contributed by atoms with Gasteiger partial charge in [-0.2, -0.15) is 0 Å². The lowest BCUT2D eigenvalue weighted by Crippen LogP contribution is -2.26. The number of halogens is 2. The van der Waals surface area contributed by atoms with Crippen LogP contribution in [0, 0.1) is 5.41 Å². The van der Waals surface area contributed by atoms with Crippen LogP contribution in [-0.2, 0) is 4.79 Å². The molecule has 0 bridgehead atoms. The Kier molecular flexibility index (Phi) is 3.19. The highest BCUT2D eigenvalue weighted by molar-refractivity contribution is 6.53. The van der Waals surface area contributed by atoms with E-state index < -0.39 is 9.75 Å². The van der Waals surface area contributed by atoms with E-state index in [1.807, 2.05) is 25.1 Å². The van der Waals surface area contributed by atoms with Gasteiger partial charge in [0, 0.05) is 14.1 Å². The zero-order valence-corrected chi connectivity index (χ0v) is 12.0. The molecule has 1 atom stereocenters. The number of carbonyl (C=O) groups is 1. The summed E-state index contributed by atoms with van der Waals surface area (Å²) >= 11 is 11.9. The molecule has 0 aromatic carbocycles. The van der Waals surface area contributed by atoms with Crippen LogP contribution in [0.2, 0.25) is 0 Å². The highest BCUT2D eigenvalue weighted by atomic mass is 35.5. The van der Waals surface area contributed by atoms with E-state index in [9.17, 15) is 4.79 Å². The summed E-state index contributed by atoms with van der Waals surface area (Å²) < 4.78 is -0.950. The Bertz CT molecular complexity index is 473. The van der Waals surface area contributed by atoms with Crippen LogP contribution in [0.15, 0.2) is 18.3 Å². The van der Waals surface area contributed by atoms with E-state index in [4.69, 9.17) is 23.2 Å². The van der Waals surface area contributed by atoms with Gasteiger partial charge in [0.25, 0.3) is 0 Å². The summed E-state index contributed by atoms with van der Waals surface area (Å²) in [7, 11) is 3.81. The number of hydrogen-bond donors (Lipinski definition) is 1. The topological polar surface area (TPSA) is 45.2 Å². The van der Waals surface area contributed by atoms with E-state index in [1.54, 1.807) is 19.2 Å². The molecule has 4 nitrogen and oxygen atoms in total. The van der Waals surface area contributed by atoms with Crippen LogP contribution in [0.5, 0.6) is 0 Å². The maximum atomic E-state index is 12.0. The Labute approximate surface area is 116 Å². The summed E-state index contributed by atoms with van der Waals surface area (Å²) in [4.78, 5) is 18.1. The van der Waals surface area contributed by atoms with Crippen LogP contribution >= 0.6 is 23.2 Å². The number of nitrogens with one attached hydrogen (secondary N) is 1. The fraction of sp³-hybridized carbons (Fsp3) is 0.500. The van der Waals surface area contributed by atoms with Crippen molar-refractivity contribution in [3.63, 3.8) is 0 Å². The van der Waals surface area contributed by atoms with Crippen molar-refractivity contribution < 1.29 is 4.79 Å². The molecule has 0 saturated heterocycles. The molecule has 1 aromatic heterocycles. The monoisotopic (exact) mass is 287 g/mol. The average Bonchev–Trinajstić information content (AvgIpc) is 2.80. The normalized spacial score (nSPS) is 24.5. The lowest BCUT2D eigenvalue weighted by Gasteiger charge is -2.14. The van der Waals surface area contributed by atoms with E-state index >= 15 is 0 Å². The van der Waals surface area contributed by atoms with Crippen molar-refractivity contribution in [1.29, 1.82) is 0 Å². The van der Waals surface area contributed by atoms with Gasteiger partial charge in [0.05, 0.1) is 17.3 Å². The van der Waals surface area contributed by atoms with Gasteiger partial charge in [0.15, 0.2) is 0 Å². The second-order valence-electron chi connectivity index (χ2n) is 4.97. The van der Waals surface area contributed by atoms with Crippen molar-refractivity contribution in [3.8, 4) is 0 Å². The summed E-state index contributed by atoms with van der Waals surface area (Å²) in [5.41, 5.74) is -0.0704. The first-order valence-corrected chi connectivity index (χ1v) is 6.34. The fourth-order valence-electron chi connectivity index (χ4n) is 1.64. The second-order valence-corrected chi connectivity index (χ2v) is 6.45. The summed E-state index contributed by atoms with van der Waals surface area (Å²) in [5, 5.41) is 2.78. The molecule has 1 aliphatic rings. The minimum Gasteiger partial charge on any atom is -0.363 e. The third kappa shape index (κ3) is 2.27. The molecule has 1 unspecified atom stereocenters. The minimum atomic E-state index is -0.950. The molecule has 0 aliphatic heterocycles. The summed E-state index contributed by atoms with van der Waals surface area (Å²) in [6.45, 7) is 1.75. The van der Waals surface area contributed by atoms with Crippen LogP contribution in [0.3, 0.4) is 0 Å². The average molecular weight is 288 g/mol. The molecule has 1 N–H and O–H groups in total. The first-order valence-electron chi connectivity index (χ1n) is 5.59. The molecule has 1 amide bonds. The smallest absolute Gasteiger partial charge is 0.233 e. The van der Waals surface area contributed by atoms with Crippen LogP contribution in [0.1, 0.15) is 13.3 Å². The van der Waals surface area contributed by atoms with Crippen LogP contribution in [0.4, 0.5) is 11.5 Å². The molecule has 0 spiro atoms. The second kappa shape index (κ2) is 4.28. The standard InChI is InChI=1S/C12H15Cl2N3O/c1-11(7-12(11,13)14)10(18)16-8-4-5-9(15-6-8)17(2)3/h4-6H,7H2,1-3H3,(H,16,18). The van der Waals surface area contributed by atoms with Gasteiger partial charge in [0.1, 0.15) is 10.2 Å². The van der Waals surface area contributed by atoms with Crippen molar-refractivity contribution in [1.82, 2.24) is 4.98 Å². The number of pyridine rings is 1. The summed E-state index contributed by atoms with van der Waals surface area (Å²) in [5.74, 6) is 0.654. The zero-order valence-electron chi connectivity index (χ0n) is 10.5. The van der Waals surface area contributed by atoms with Gasteiger partial charge >= 0.3 is 0 Å². The molecule has 1 aromatic rings. The van der Waals surface area contributed by atoms with Crippen molar-refractivity contribution in [2.45, 2.75) is 17.7 Å². The van der Waals surface area contributed by atoms with Crippen LogP contribution in [-0.4, -0.2) is 29.3 Å². The highest BCUT2D eigenvalue weighted by Gasteiger charge is 2.67. The van der Waals surface area contributed by atoms with E-state index in [-0.39, 0.29) is 5.91 Å².